The van der Waals surface area contributed by atoms with Gasteiger partial charge in [-0.25, -0.2) is 0 Å². The van der Waals surface area contributed by atoms with E-state index in [-0.39, 0.29) is 11.8 Å². The number of piperidine rings is 1. The van der Waals surface area contributed by atoms with Crippen LogP contribution in [-0.4, -0.2) is 19.0 Å². The van der Waals surface area contributed by atoms with Crippen molar-refractivity contribution in [3.63, 3.8) is 0 Å². The molecule has 1 aliphatic carbocycles. The van der Waals surface area contributed by atoms with Crippen molar-refractivity contribution in [3.8, 4) is 0 Å². The molecule has 0 aromatic rings. The second-order valence-electron chi connectivity index (χ2n) is 5.84. The third-order valence-corrected chi connectivity index (χ3v) is 4.41. The number of unbranched alkanes of at least 4 members (excludes halogenated alkanes) is 1. The maximum Gasteiger partial charge on any atom is 0.220 e. The van der Waals surface area contributed by atoms with Gasteiger partial charge in [0.15, 0.2) is 0 Å². The third-order valence-electron chi connectivity index (χ3n) is 4.41. The molecular formula is C13H24N2O. The van der Waals surface area contributed by atoms with Crippen molar-refractivity contribution in [3.05, 3.63) is 0 Å². The summed E-state index contributed by atoms with van der Waals surface area (Å²) in [6.45, 7) is 4.41. The molecule has 92 valence electrons. The van der Waals surface area contributed by atoms with E-state index in [0.717, 1.165) is 25.9 Å². The van der Waals surface area contributed by atoms with E-state index in [0.29, 0.717) is 11.3 Å². The van der Waals surface area contributed by atoms with Crippen LogP contribution in [0.3, 0.4) is 0 Å². The Morgan fingerprint density at radius 3 is 3.00 bits per heavy atom. The number of rotatable bonds is 4. The minimum atomic E-state index is -0.0764. The predicted molar refractivity (Wildman–Crippen MR) is 64.9 cm³/mol. The number of amides is 1. The van der Waals surface area contributed by atoms with Crippen LogP contribution in [0.25, 0.3) is 0 Å². The average Bonchev–Trinajstić information content (AvgIpc) is 2.26. The molecule has 1 amide bonds. The highest BCUT2D eigenvalue weighted by Crippen LogP contribution is 2.47. The normalized spacial score (nSPS) is 38.3. The van der Waals surface area contributed by atoms with Crippen molar-refractivity contribution in [1.29, 1.82) is 0 Å². The fraction of sp³-hybridized carbons (Fsp3) is 0.923. The number of nitrogens with one attached hydrogen (secondary N) is 1. The Balaban J connectivity index is 2.06. The Hall–Kier alpha value is -0.570. The van der Waals surface area contributed by atoms with Gasteiger partial charge in [0.2, 0.25) is 5.91 Å². The summed E-state index contributed by atoms with van der Waals surface area (Å²) in [6.07, 6.45) is 7.12. The Bertz CT molecular complexity index is 267. The number of carbonyl (C=O) groups excluding carboxylic acids is 1. The lowest BCUT2D eigenvalue weighted by Crippen LogP contribution is -2.51. The standard InChI is InChI=1S/C13H24N2O/c1-2-3-4-13-6-10(8-15-9-13)5-11(7-13)12(14)16/h10-11,15H,2-9H2,1H3,(H2,14,16). The quantitative estimate of drug-likeness (QED) is 0.763. The van der Waals surface area contributed by atoms with E-state index >= 15 is 0 Å². The molecule has 3 unspecified atom stereocenters. The van der Waals surface area contributed by atoms with E-state index in [1.807, 2.05) is 0 Å². The second-order valence-corrected chi connectivity index (χ2v) is 5.84. The Morgan fingerprint density at radius 2 is 2.31 bits per heavy atom. The SMILES string of the molecule is CCCCC12CNCC(CC(C(N)=O)C1)C2. The number of fused-ring (bicyclic) bond motifs is 2. The molecule has 1 saturated carbocycles. The first-order valence-electron chi connectivity index (χ1n) is 6.65. The molecule has 2 fully saturated rings. The van der Waals surface area contributed by atoms with Gasteiger partial charge in [-0.1, -0.05) is 19.8 Å². The molecular weight excluding hydrogens is 200 g/mol. The first-order chi connectivity index (χ1) is 7.65. The summed E-state index contributed by atoms with van der Waals surface area (Å²) in [4.78, 5) is 11.4. The van der Waals surface area contributed by atoms with Crippen molar-refractivity contribution < 1.29 is 4.79 Å². The van der Waals surface area contributed by atoms with Crippen molar-refractivity contribution in [1.82, 2.24) is 5.32 Å². The average molecular weight is 224 g/mol. The van der Waals surface area contributed by atoms with Gasteiger partial charge >= 0.3 is 0 Å². The van der Waals surface area contributed by atoms with Gasteiger partial charge in [-0.3, -0.25) is 4.79 Å². The van der Waals surface area contributed by atoms with E-state index in [1.54, 1.807) is 0 Å². The molecule has 1 aliphatic heterocycles. The lowest BCUT2D eigenvalue weighted by atomic mass is 9.61. The largest absolute Gasteiger partial charge is 0.369 e. The summed E-state index contributed by atoms with van der Waals surface area (Å²) in [5.41, 5.74) is 5.87. The van der Waals surface area contributed by atoms with Gasteiger partial charge in [0.25, 0.3) is 0 Å². The fourth-order valence-corrected chi connectivity index (χ4v) is 3.69. The lowest BCUT2D eigenvalue weighted by Gasteiger charge is -2.48. The van der Waals surface area contributed by atoms with E-state index < -0.39 is 0 Å². The van der Waals surface area contributed by atoms with Crippen LogP contribution in [0.5, 0.6) is 0 Å². The van der Waals surface area contributed by atoms with E-state index in [4.69, 9.17) is 5.73 Å². The number of nitrogens with two attached hydrogens (primary N) is 1. The Morgan fingerprint density at radius 1 is 1.50 bits per heavy atom. The summed E-state index contributed by atoms with van der Waals surface area (Å²) < 4.78 is 0. The maximum absolute atomic E-state index is 11.4. The van der Waals surface area contributed by atoms with E-state index in [1.165, 1.54) is 25.7 Å². The molecule has 3 N–H and O–H groups in total. The van der Waals surface area contributed by atoms with Crippen LogP contribution < -0.4 is 11.1 Å². The minimum absolute atomic E-state index is 0.0764. The van der Waals surface area contributed by atoms with Crippen molar-refractivity contribution in [2.75, 3.05) is 13.1 Å². The van der Waals surface area contributed by atoms with Crippen LogP contribution >= 0.6 is 0 Å². The second kappa shape index (κ2) is 4.74. The van der Waals surface area contributed by atoms with E-state index in [2.05, 4.69) is 12.2 Å². The molecule has 0 radical (unpaired) electrons. The van der Waals surface area contributed by atoms with Crippen molar-refractivity contribution in [2.45, 2.75) is 45.4 Å². The summed E-state index contributed by atoms with van der Waals surface area (Å²) in [5, 5.41) is 3.54. The summed E-state index contributed by atoms with van der Waals surface area (Å²) in [7, 11) is 0. The van der Waals surface area contributed by atoms with Gasteiger partial charge in [-0.05, 0) is 43.6 Å². The Kier molecular flexibility index (Phi) is 3.53. The maximum atomic E-state index is 11.4. The first kappa shape index (κ1) is 11.9. The van der Waals surface area contributed by atoms with Gasteiger partial charge < -0.3 is 11.1 Å². The van der Waals surface area contributed by atoms with Crippen LogP contribution in [0.15, 0.2) is 0 Å². The van der Waals surface area contributed by atoms with Gasteiger partial charge in [-0.2, -0.15) is 0 Å². The molecule has 3 atom stereocenters. The number of carbonyl (C=O) groups is 1. The molecule has 0 spiro atoms. The van der Waals surface area contributed by atoms with Crippen LogP contribution in [0.2, 0.25) is 0 Å². The van der Waals surface area contributed by atoms with Crippen molar-refractivity contribution in [2.24, 2.45) is 23.0 Å². The number of hydrogen-bond acceptors (Lipinski definition) is 2. The highest BCUT2D eigenvalue weighted by atomic mass is 16.1. The highest BCUT2D eigenvalue weighted by Gasteiger charge is 2.43. The Labute approximate surface area is 98.2 Å². The molecule has 0 aromatic carbocycles. The molecule has 3 heteroatoms. The molecule has 2 bridgehead atoms. The van der Waals surface area contributed by atoms with Crippen LogP contribution in [0.4, 0.5) is 0 Å². The van der Waals surface area contributed by atoms with Gasteiger partial charge in [0.05, 0.1) is 0 Å². The van der Waals surface area contributed by atoms with Crippen LogP contribution in [-0.2, 0) is 4.79 Å². The zero-order chi connectivity index (χ0) is 11.6. The summed E-state index contributed by atoms with van der Waals surface area (Å²) in [5.74, 6) is 0.738. The monoisotopic (exact) mass is 224 g/mol. The molecule has 3 nitrogen and oxygen atoms in total. The third kappa shape index (κ3) is 2.40. The van der Waals surface area contributed by atoms with Gasteiger partial charge in [0, 0.05) is 12.5 Å². The van der Waals surface area contributed by atoms with Gasteiger partial charge in [0.1, 0.15) is 0 Å². The topological polar surface area (TPSA) is 55.1 Å². The molecule has 0 aromatic heterocycles. The van der Waals surface area contributed by atoms with Crippen molar-refractivity contribution >= 4 is 5.91 Å². The molecule has 1 heterocycles. The molecule has 2 aliphatic rings. The van der Waals surface area contributed by atoms with Gasteiger partial charge in [-0.15, -0.1) is 0 Å². The molecule has 1 saturated heterocycles. The highest BCUT2D eigenvalue weighted by molar-refractivity contribution is 5.76. The number of hydrogen-bond donors (Lipinski definition) is 2. The lowest BCUT2D eigenvalue weighted by molar-refractivity contribution is -0.125. The minimum Gasteiger partial charge on any atom is -0.369 e. The molecule has 2 rings (SSSR count). The molecule has 16 heavy (non-hydrogen) atoms. The fourth-order valence-electron chi connectivity index (χ4n) is 3.69. The summed E-state index contributed by atoms with van der Waals surface area (Å²) in [6, 6.07) is 0. The van der Waals surface area contributed by atoms with Crippen LogP contribution in [0, 0.1) is 17.3 Å². The van der Waals surface area contributed by atoms with E-state index in [9.17, 15) is 4.79 Å². The zero-order valence-electron chi connectivity index (χ0n) is 10.3. The van der Waals surface area contributed by atoms with Crippen LogP contribution in [0.1, 0.15) is 45.4 Å². The number of primary amides is 1. The zero-order valence-corrected chi connectivity index (χ0v) is 10.3. The smallest absolute Gasteiger partial charge is 0.220 e. The summed E-state index contributed by atoms with van der Waals surface area (Å²) >= 11 is 0. The first-order valence-corrected chi connectivity index (χ1v) is 6.65. The predicted octanol–water partition coefficient (Wildman–Crippen LogP) is 1.67.